The van der Waals surface area contributed by atoms with Crippen molar-refractivity contribution < 1.29 is 9.21 Å². The van der Waals surface area contributed by atoms with Crippen LogP contribution in [0.5, 0.6) is 0 Å². The molecule has 0 atom stereocenters. The van der Waals surface area contributed by atoms with E-state index in [1.54, 1.807) is 6.92 Å². The zero-order chi connectivity index (χ0) is 12.4. The van der Waals surface area contributed by atoms with Gasteiger partial charge in [0, 0.05) is 4.47 Å². The monoisotopic (exact) mass is 294 g/mol. The number of halogens is 1. The normalized spacial score (nSPS) is 10.3. The van der Waals surface area contributed by atoms with Crippen LogP contribution >= 0.6 is 15.9 Å². The number of nitrogens with one attached hydrogen (secondary N) is 1. The van der Waals surface area contributed by atoms with Crippen molar-refractivity contribution in [3.05, 3.63) is 46.1 Å². The molecular weight excluding hydrogens is 284 g/mol. The minimum atomic E-state index is -0.359. The molecule has 0 saturated carbocycles. The Kier molecular flexibility index (Phi) is 3.28. The van der Waals surface area contributed by atoms with Gasteiger partial charge < -0.3 is 9.73 Å². The van der Waals surface area contributed by atoms with Gasteiger partial charge in [-0.3, -0.25) is 4.79 Å². The van der Waals surface area contributed by atoms with Crippen molar-refractivity contribution in [2.24, 2.45) is 0 Å². The van der Waals surface area contributed by atoms with Crippen LogP contribution in [0.2, 0.25) is 0 Å². The molecule has 0 bridgehead atoms. The largest absolute Gasteiger partial charge is 0.438 e. The molecular formula is C12H11BrN2O2. The van der Waals surface area contributed by atoms with Crippen molar-refractivity contribution in [1.82, 2.24) is 4.98 Å². The van der Waals surface area contributed by atoms with Gasteiger partial charge >= 0.3 is 5.91 Å². The summed E-state index contributed by atoms with van der Waals surface area (Å²) >= 11 is 3.39. The third-order valence-electron chi connectivity index (χ3n) is 2.19. The van der Waals surface area contributed by atoms with Crippen molar-refractivity contribution in [3.63, 3.8) is 0 Å². The van der Waals surface area contributed by atoms with E-state index in [1.807, 2.05) is 25.1 Å². The molecule has 4 nitrogen and oxygen atoms in total. The highest BCUT2D eigenvalue weighted by atomic mass is 79.9. The zero-order valence-electron chi connectivity index (χ0n) is 9.45. The van der Waals surface area contributed by atoms with Crippen LogP contribution in [0.15, 0.2) is 33.3 Å². The second kappa shape index (κ2) is 4.71. The first-order valence-corrected chi connectivity index (χ1v) is 5.85. The third-order valence-corrected chi connectivity index (χ3v) is 2.84. The number of carbonyl (C=O) groups is 1. The Bertz CT molecular complexity index is 563. The standard InChI is InChI=1S/C12H11BrN2O2/c1-7-3-4-10(9(13)5-7)15-11(16)12-14-6-8(2)17-12/h3-6H,1-2H3,(H,15,16). The van der Waals surface area contributed by atoms with Gasteiger partial charge in [-0.2, -0.15) is 0 Å². The quantitative estimate of drug-likeness (QED) is 0.924. The molecule has 1 N–H and O–H groups in total. The van der Waals surface area contributed by atoms with E-state index in [0.29, 0.717) is 11.4 Å². The van der Waals surface area contributed by atoms with E-state index in [-0.39, 0.29) is 11.8 Å². The lowest BCUT2D eigenvalue weighted by atomic mass is 10.2. The summed E-state index contributed by atoms with van der Waals surface area (Å²) in [5.41, 5.74) is 1.80. The Hall–Kier alpha value is -1.62. The summed E-state index contributed by atoms with van der Waals surface area (Å²) in [7, 11) is 0. The number of amides is 1. The van der Waals surface area contributed by atoms with Crippen LogP contribution in [0.25, 0.3) is 0 Å². The van der Waals surface area contributed by atoms with Gasteiger partial charge in [-0.25, -0.2) is 4.98 Å². The fourth-order valence-electron chi connectivity index (χ4n) is 1.36. The van der Waals surface area contributed by atoms with Gasteiger partial charge in [-0.15, -0.1) is 0 Å². The molecule has 0 spiro atoms. The number of carbonyl (C=O) groups excluding carboxylic acids is 1. The van der Waals surface area contributed by atoms with E-state index >= 15 is 0 Å². The SMILES string of the molecule is Cc1ccc(NC(=O)c2ncc(C)o2)c(Br)c1. The lowest BCUT2D eigenvalue weighted by Crippen LogP contribution is -2.12. The number of nitrogens with zero attached hydrogens (tertiary/aromatic N) is 1. The topological polar surface area (TPSA) is 55.1 Å². The van der Waals surface area contributed by atoms with E-state index in [2.05, 4.69) is 26.2 Å². The highest BCUT2D eigenvalue weighted by molar-refractivity contribution is 9.10. The van der Waals surface area contributed by atoms with Crippen LogP contribution in [0.3, 0.4) is 0 Å². The van der Waals surface area contributed by atoms with E-state index in [9.17, 15) is 4.79 Å². The van der Waals surface area contributed by atoms with Crippen LogP contribution in [0.1, 0.15) is 22.0 Å². The first kappa shape index (κ1) is 11.9. The van der Waals surface area contributed by atoms with Gasteiger partial charge in [-0.05, 0) is 47.5 Å². The summed E-state index contributed by atoms with van der Waals surface area (Å²) in [6, 6.07) is 5.67. The molecule has 0 aliphatic carbocycles. The zero-order valence-corrected chi connectivity index (χ0v) is 11.0. The maximum atomic E-state index is 11.8. The maximum Gasteiger partial charge on any atom is 0.311 e. The smallest absolute Gasteiger partial charge is 0.311 e. The number of anilines is 1. The number of oxazole rings is 1. The number of aromatic nitrogens is 1. The second-order valence-electron chi connectivity index (χ2n) is 3.71. The molecule has 1 heterocycles. The van der Waals surface area contributed by atoms with Crippen LogP contribution in [0, 0.1) is 13.8 Å². The van der Waals surface area contributed by atoms with Crippen LogP contribution < -0.4 is 5.32 Å². The van der Waals surface area contributed by atoms with Crippen molar-refractivity contribution in [1.29, 1.82) is 0 Å². The molecule has 0 aliphatic heterocycles. The molecule has 0 saturated heterocycles. The molecule has 0 unspecified atom stereocenters. The number of hydrogen-bond donors (Lipinski definition) is 1. The summed E-state index contributed by atoms with van der Waals surface area (Å²) in [4.78, 5) is 15.6. The molecule has 0 radical (unpaired) electrons. The Balaban J connectivity index is 2.18. The Labute approximate surface area is 107 Å². The highest BCUT2D eigenvalue weighted by Crippen LogP contribution is 2.23. The molecule has 17 heavy (non-hydrogen) atoms. The fourth-order valence-corrected chi connectivity index (χ4v) is 1.95. The average Bonchev–Trinajstić information content (AvgIpc) is 2.69. The van der Waals surface area contributed by atoms with Gasteiger partial charge in [0.15, 0.2) is 0 Å². The first-order valence-electron chi connectivity index (χ1n) is 5.06. The lowest BCUT2D eigenvalue weighted by molar-refractivity contribution is 0.0989. The molecule has 1 amide bonds. The minimum Gasteiger partial charge on any atom is -0.438 e. The van der Waals surface area contributed by atoms with Crippen molar-refractivity contribution in [2.45, 2.75) is 13.8 Å². The Morgan fingerprint density at radius 2 is 2.18 bits per heavy atom. The molecule has 1 aromatic carbocycles. The van der Waals surface area contributed by atoms with E-state index in [4.69, 9.17) is 4.42 Å². The summed E-state index contributed by atoms with van der Waals surface area (Å²) in [5.74, 6) is 0.316. The van der Waals surface area contributed by atoms with Crippen molar-refractivity contribution >= 4 is 27.5 Å². The van der Waals surface area contributed by atoms with Crippen molar-refractivity contribution in [3.8, 4) is 0 Å². The van der Waals surface area contributed by atoms with E-state index in [1.165, 1.54) is 6.20 Å². The molecule has 1 aromatic heterocycles. The van der Waals surface area contributed by atoms with Crippen LogP contribution in [0.4, 0.5) is 5.69 Å². The average molecular weight is 295 g/mol. The molecule has 5 heteroatoms. The number of benzene rings is 1. The van der Waals surface area contributed by atoms with Gasteiger partial charge in [-0.1, -0.05) is 6.07 Å². The summed E-state index contributed by atoms with van der Waals surface area (Å²) < 4.78 is 5.97. The van der Waals surface area contributed by atoms with E-state index in [0.717, 1.165) is 10.0 Å². The summed E-state index contributed by atoms with van der Waals surface area (Å²) in [6.45, 7) is 3.72. The number of rotatable bonds is 2. The Morgan fingerprint density at radius 3 is 2.76 bits per heavy atom. The second-order valence-corrected chi connectivity index (χ2v) is 4.57. The van der Waals surface area contributed by atoms with Gasteiger partial charge in [0.25, 0.3) is 5.89 Å². The Morgan fingerprint density at radius 1 is 1.41 bits per heavy atom. The summed E-state index contributed by atoms with van der Waals surface area (Å²) in [6.07, 6.45) is 1.51. The fraction of sp³-hybridized carbons (Fsp3) is 0.167. The number of aryl methyl sites for hydroxylation is 2. The van der Waals surface area contributed by atoms with Gasteiger partial charge in [0.05, 0.1) is 11.9 Å². The highest BCUT2D eigenvalue weighted by Gasteiger charge is 2.13. The van der Waals surface area contributed by atoms with Crippen LogP contribution in [-0.4, -0.2) is 10.9 Å². The van der Waals surface area contributed by atoms with Crippen LogP contribution in [-0.2, 0) is 0 Å². The first-order chi connectivity index (χ1) is 8.06. The van der Waals surface area contributed by atoms with Gasteiger partial charge in [0.2, 0.25) is 0 Å². The third kappa shape index (κ3) is 2.74. The number of hydrogen-bond acceptors (Lipinski definition) is 3. The maximum absolute atomic E-state index is 11.8. The van der Waals surface area contributed by atoms with E-state index < -0.39 is 0 Å². The van der Waals surface area contributed by atoms with Crippen molar-refractivity contribution in [2.75, 3.05) is 5.32 Å². The predicted molar refractivity (Wildman–Crippen MR) is 68.1 cm³/mol. The molecule has 2 aromatic rings. The summed E-state index contributed by atoms with van der Waals surface area (Å²) in [5, 5.41) is 2.72. The molecule has 2 rings (SSSR count). The molecule has 0 fully saturated rings. The molecule has 88 valence electrons. The molecule has 0 aliphatic rings. The predicted octanol–water partition coefficient (Wildman–Crippen LogP) is 3.31. The minimum absolute atomic E-state index is 0.0648. The lowest BCUT2D eigenvalue weighted by Gasteiger charge is -2.05. The van der Waals surface area contributed by atoms with Gasteiger partial charge in [0.1, 0.15) is 5.76 Å².